The molecule has 0 spiro atoms. The van der Waals surface area contributed by atoms with Crippen LogP contribution in [-0.4, -0.2) is 24.9 Å². The maximum Gasteiger partial charge on any atom is 0.310 e. The highest BCUT2D eigenvalue weighted by atomic mass is 16.6. The van der Waals surface area contributed by atoms with Crippen molar-refractivity contribution < 1.29 is 4.92 Å². The van der Waals surface area contributed by atoms with Crippen LogP contribution < -0.4 is 5.32 Å². The summed E-state index contributed by atoms with van der Waals surface area (Å²) in [6, 6.07) is 12.7. The molecule has 26 heavy (non-hydrogen) atoms. The molecule has 126 valence electrons. The Balaban J connectivity index is 1.88. The van der Waals surface area contributed by atoms with Gasteiger partial charge in [-0.05, 0) is 30.3 Å². The van der Waals surface area contributed by atoms with E-state index in [1.165, 1.54) is 12.4 Å². The molecular weight excluding hydrogens is 332 g/mol. The summed E-state index contributed by atoms with van der Waals surface area (Å²) < 4.78 is 0. The summed E-state index contributed by atoms with van der Waals surface area (Å²) in [6.45, 7) is 0. The molecule has 0 aliphatic heterocycles. The highest BCUT2D eigenvalue weighted by Gasteiger charge is 2.16. The topological polar surface area (TPSA) is 107 Å². The molecule has 3 heterocycles. The van der Waals surface area contributed by atoms with E-state index in [4.69, 9.17) is 0 Å². The number of anilines is 2. The van der Waals surface area contributed by atoms with E-state index < -0.39 is 4.92 Å². The molecule has 1 N–H and O–H groups in total. The Hall–Kier alpha value is -3.94. The lowest BCUT2D eigenvalue weighted by atomic mass is 10.2. The highest BCUT2D eigenvalue weighted by Crippen LogP contribution is 2.30. The number of aromatic nitrogens is 4. The quantitative estimate of drug-likeness (QED) is 0.444. The van der Waals surface area contributed by atoms with Crippen LogP contribution in [0.2, 0.25) is 0 Å². The van der Waals surface area contributed by atoms with Crippen molar-refractivity contribution in [1.29, 1.82) is 0 Å². The molecule has 0 radical (unpaired) electrons. The second-order valence-electron chi connectivity index (χ2n) is 5.43. The monoisotopic (exact) mass is 344 g/mol. The summed E-state index contributed by atoms with van der Waals surface area (Å²) in [5.41, 5.74) is 1.66. The summed E-state index contributed by atoms with van der Waals surface area (Å²) in [7, 11) is 0. The van der Waals surface area contributed by atoms with Crippen LogP contribution >= 0.6 is 0 Å². The van der Waals surface area contributed by atoms with Crippen LogP contribution in [-0.2, 0) is 0 Å². The van der Waals surface area contributed by atoms with E-state index in [0.29, 0.717) is 17.3 Å². The maximum absolute atomic E-state index is 11.2. The van der Waals surface area contributed by atoms with Gasteiger partial charge in [-0.25, -0.2) is 9.97 Å². The molecule has 0 unspecified atom stereocenters. The van der Waals surface area contributed by atoms with Gasteiger partial charge in [-0.2, -0.15) is 0 Å². The van der Waals surface area contributed by atoms with Crippen LogP contribution in [0, 0.1) is 10.1 Å². The summed E-state index contributed by atoms with van der Waals surface area (Å²) in [6.07, 6.45) is 6.03. The first-order valence-corrected chi connectivity index (χ1v) is 7.75. The van der Waals surface area contributed by atoms with Crippen LogP contribution in [0.15, 0.2) is 67.3 Å². The largest absolute Gasteiger partial charge is 0.334 e. The Bertz CT molecular complexity index is 1100. The second-order valence-corrected chi connectivity index (χ2v) is 5.43. The molecule has 8 heteroatoms. The van der Waals surface area contributed by atoms with Crippen molar-refractivity contribution >= 4 is 28.1 Å². The van der Waals surface area contributed by atoms with Gasteiger partial charge in [0.05, 0.1) is 10.4 Å². The molecule has 0 bridgehead atoms. The van der Waals surface area contributed by atoms with Gasteiger partial charge in [0.1, 0.15) is 17.7 Å². The summed E-state index contributed by atoms with van der Waals surface area (Å²) >= 11 is 0. The summed E-state index contributed by atoms with van der Waals surface area (Å²) in [5, 5.41) is 15.1. The van der Waals surface area contributed by atoms with Crippen LogP contribution in [0.5, 0.6) is 0 Å². The lowest BCUT2D eigenvalue weighted by Gasteiger charge is -2.11. The fourth-order valence-electron chi connectivity index (χ4n) is 2.56. The zero-order valence-electron chi connectivity index (χ0n) is 13.4. The van der Waals surface area contributed by atoms with Crippen molar-refractivity contribution in [1.82, 2.24) is 19.9 Å². The van der Waals surface area contributed by atoms with E-state index in [-0.39, 0.29) is 5.69 Å². The predicted octanol–water partition coefficient (Wildman–Crippen LogP) is 3.74. The third-order valence-corrected chi connectivity index (χ3v) is 3.77. The van der Waals surface area contributed by atoms with Crippen molar-refractivity contribution in [3.63, 3.8) is 0 Å². The third-order valence-electron chi connectivity index (χ3n) is 3.77. The smallest absolute Gasteiger partial charge is 0.310 e. The molecule has 3 aromatic heterocycles. The number of rotatable bonds is 4. The Morgan fingerprint density at radius 3 is 2.58 bits per heavy atom. The van der Waals surface area contributed by atoms with Crippen molar-refractivity contribution in [3.8, 4) is 11.4 Å². The summed E-state index contributed by atoms with van der Waals surface area (Å²) in [4.78, 5) is 27.8. The van der Waals surface area contributed by atoms with Crippen molar-refractivity contribution in [2.45, 2.75) is 0 Å². The van der Waals surface area contributed by atoms with Gasteiger partial charge < -0.3 is 5.32 Å². The van der Waals surface area contributed by atoms with Crippen molar-refractivity contribution in [3.05, 3.63) is 77.4 Å². The van der Waals surface area contributed by atoms with Crippen LogP contribution in [0.4, 0.5) is 17.2 Å². The van der Waals surface area contributed by atoms with Gasteiger partial charge in [0.2, 0.25) is 0 Å². The molecule has 8 nitrogen and oxygen atoms in total. The molecule has 0 saturated carbocycles. The SMILES string of the molecule is O=[N+]([O-])c1cnccc1Nc1nc(-c2cccnc2)nc2ccccc12. The number of hydrogen-bond acceptors (Lipinski definition) is 7. The second kappa shape index (κ2) is 6.52. The summed E-state index contributed by atoms with van der Waals surface area (Å²) in [5.74, 6) is 0.958. The van der Waals surface area contributed by atoms with Crippen LogP contribution in [0.3, 0.4) is 0 Å². The Morgan fingerprint density at radius 1 is 0.923 bits per heavy atom. The fraction of sp³-hybridized carbons (Fsp3) is 0. The van der Waals surface area contributed by atoms with Crippen molar-refractivity contribution in [2.75, 3.05) is 5.32 Å². The zero-order chi connectivity index (χ0) is 17.9. The number of hydrogen-bond donors (Lipinski definition) is 1. The van der Waals surface area contributed by atoms with Gasteiger partial charge in [-0.1, -0.05) is 12.1 Å². The molecule has 4 rings (SSSR count). The van der Waals surface area contributed by atoms with Gasteiger partial charge in [-0.15, -0.1) is 0 Å². The number of pyridine rings is 2. The molecule has 0 aliphatic carbocycles. The molecule has 0 aliphatic rings. The molecule has 0 saturated heterocycles. The van der Waals surface area contributed by atoms with E-state index in [1.807, 2.05) is 30.3 Å². The molecular formula is C18H12N6O2. The lowest BCUT2D eigenvalue weighted by Crippen LogP contribution is -2.02. The first kappa shape index (κ1) is 15.6. The standard InChI is InChI=1S/C18H12N6O2/c25-24(26)16-11-20-9-7-15(16)22-18-13-5-1-2-6-14(13)21-17(23-18)12-4-3-8-19-10-12/h1-11H,(H,20,21,22,23). The van der Waals surface area contributed by atoms with E-state index in [0.717, 1.165) is 16.5 Å². The van der Waals surface area contributed by atoms with Crippen LogP contribution in [0.25, 0.3) is 22.3 Å². The number of fused-ring (bicyclic) bond motifs is 1. The Morgan fingerprint density at radius 2 is 1.77 bits per heavy atom. The van der Waals surface area contributed by atoms with Gasteiger partial charge in [0.15, 0.2) is 5.82 Å². The zero-order valence-corrected chi connectivity index (χ0v) is 13.4. The molecule has 1 aromatic carbocycles. The van der Waals surface area contributed by atoms with E-state index in [9.17, 15) is 10.1 Å². The maximum atomic E-state index is 11.2. The van der Waals surface area contributed by atoms with E-state index in [2.05, 4.69) is 25.3 Å². The van der Waals surface area contributed by atoms with Gasteiger partial charge in [0, 0.05) is 29.5 Å². The molecule has 4 aromatic rings. The first-order chi connectivity index (χ1) is 12.7. The van der Waals surface area contributed by atoms with Gasteiger partial charge in [-0.3, -0.25) is 20.1 Å². The van der Waals surface area contributed by atoms with E-state index in [1.54, 1.807) is 24.5 Å². The number of nitrogens with zero attached hydrogens (tertiary/aromatic N) is 5. The first-order valence-electron chi connectivity index (χ1n) is 7.75. The number of nitrogens with one attached hydrogen (secondary N) is 1. The minimum atomic E-state index is -0.485. The number of benzene rings is 1. The Labute approximate surface area is 147 Å². The number of para-hydroxylation sites is 1. The minimum absolute atomic E-state index is 0.127. The normalized spacial score (nSPS) is 10.6. The number of nitro groups is 1. The van der Waals surface area contributed by atoms with Gasteiger partial charge >= 0.3 is 5.69 Å². The van der Waals surface area contributed by atoms with Gasteiger partial charge in [0.25, 0.3) is 0 Å². The molecule has 0 fully saturated rings. The Kier molecular flexibility index (Phi) is 3.91. The molecule has 0 atom stereocenters. The minimum Gasteiger partial charge on any atom is -0.334 e. The van der Waals surface area contributed by atoms with Crippen LogP contribution in [0.1, 0.15) is 0 Å². The molecule has 0 amide bonds. The van der Waals surface area contributed by atoms with E-state index >= 15 is 0 Å². The third kappa shape index (κ3) is 2.91. The van der Waals surface area contributed by atoms with Crippen molar-refractivity contribution in [2.24, 2.45) is 0 Å². The lowest BCUT2D eigenvalue weighted by molar-refractivity contribution is -0.384. The highest BCUT2D eigenvalue weighted by molar-refractivity contribution is 5.92. The predicted molar refractivity (Wildman–Crippen MR) is 96.9 cm³/mol. The fourth-order valence-corrected chi connectivity index (χ4v) is 2.56. The average molecular weight is 344 g/mol. The average Bonchev–Trinajstić information content (AvgIpc) is 2.69.